The van der Waals surface area contributed by atoms with Crippen LogP contribution < -0.4 is 4.74 Å². The largest absolute Gasteiger partial charge is 0.507 e. The SMILES string of the molecule is CCC1=C(CCC2=C(C(C)(C)O)C(=O)c3ccccc3C2=O)C(=O)c2ccccc2C1=O.CCO.CO.Cc1c2c(c3ccccc3c1O)OC(C)(C)C2.O=[N+]([O-])O.[Ag]. The summed E-state index contributed by atoms with van der Waals surface area (Å²) < 4.78 is 6.03. The van der Waals surface area contributed by atoms with E-state index < -0.39 is 10.7 Å². The Morgan fingerprint density at radius 2 is 1.12 bits per heavy atom. The number of carbonyl (C=O) groups excluding carboxylic acids is 4. The van der Waals surface area contributed by atoms with E-state index in [9.17, 15) is 29.4 Å². The Bertz CT molecular complexity index is 2300. The number of carbonyl (C=O) groups is 4. The van der Waals surface area contributed by atoms with Gasteiger partial charge in [0.05, 0.1) is 5.60 Å². The minimum Gasteiger partial charge on any atom is -0.507 e. The number of phenols is 1. The quantitative estimate of drug-likeness (QED) is 0.0746. The van der Waals surface area contributed by atoms with Crippen LogP contribution in [-0.4, -0.2) is 78.8 Å². The maximum atomic E-state index is 13.3. The molecule has 0 fully saturated rings. The minimum absolute atomic E-state index is 0. The number of Topliss-reactive ketones (excluding diaryl/α,β-unsaturated/α-hetero) is 4. The molecule has 0 bridgehead atoms. The maximum absolute atomic E-state index is 13.3. The van der Waals surface area contributed by atoms with E-state index >= 15 is 0 Å². The fourth-order valence-corrected chi connectivity index (χ4v) is 7.31. The third kappa shape index (κ3) is 11.1. The van der Waals surface area contributed by atoms with Gasteiger partial charge in [0.25, 0.3) is 5.09 Å². The van der Waals surface area contributed by atoms with Crippen LogP contribution >= 0.6 is 0 Å². The summed E-state index contributed by atoms with van der Waals surface area (Å²) in [7, 11) is 1.00. The van der Waals surface area contributed by atoms with Crippen LogP contribution in [0.15, 0.2) is 95.1 Å². The van der Waals surface area contributed by atoms with Crippen molar-refractivity contribution in [3.63, 3.8) is 0 Å². The van der Waals surface area contributed by atoms with Crippen molar-refractivity contribution in [3.05, 3.63) is 139 Å². The van der Waals surface area contributed by atoms with Crippen LogP contribution in [0.3, 0.4) is 0 Å². The first-order valence-electron chi connectivity index (χ1n) is 18.7. The van der Waals surface area contributed by atoms with Crippen LogP contribution in [-0.2, 0) is 28.8 Å². The second kappa shape index (κ2) is 21.1. The molecule has 5 N–H and O–H groups in total. The van der Waals surface area contributed by atoms with Gasteiger partial charge in [-0.3, -0.25) is 19.2 Å². The van der Waals surface area contributed by atoms with Crippen molar-refractivity contribution in [1.29, 1.82) is 0 Å². The Morgan fingerprint density at radius 3 is 1.56 bits per heavy atom. The summed E-state index contributed by atoms with van der Waals surface area (Å²) in [5.74, 6) is 0.222. The molecule has 0 unspecified atom stereocenters. The van der Waals surface area contributed by atoms with Crippen molar-refractivity contribution >= 4 is 33.9 Å². The standard InChI is InChI=1S/C27H24O5.C15H16O2.C2H6O.CH4O.Ag.HNO3/c1-4-15-20(24(29)17-10-6-5-9-16(17)23(15)28)13-14-21-22(27(2,3)32)26(31)19-12-8-7-11-18(19)25(21)30;1-9-12-8-15(2,3)17-14(12)11-7-5-4-6-10(11)13(9)16;1-2-3;1-2;;2-1(3)4/h5-12,32H,4,13-14H2,1-3H3;4-7,16H,8H2,1-3H3;3H,2H2,1H3;2H,1H3;;(H,2,3,4). The molecule has 0 atom stereocenters. The number of ether oxygens (including phenoxy) is 1. The normalized spacial score (nSPS) is 14.6. The maximum Gasteiger partial charge on any atom is 0.291 e. The van der Waals surface area contributed by atoms with Gasteiger partial charge in [0, 0.05) is 103 Å². The summed E-state index contributed by atoms with van der Waals surface area (Å²) in [6.07, 6.45) is 1.46. The molecule has 4 aromatic carbocycles. The molecule has 2 aliphatic carbocycles. The number of hydrogen-bond acceptors (Lipinski definition) is 11. The number of hydrogen-bond donors (Lipinski definition) is 5. The number of aliphatic hydroxyl groups excluding tert-OH is 2. The molecule has 13 nitrogen and oxygen atoms in total. The molecule has 0 aromatic heterocycles. The fraction of sp³-hybridized carbons (Fsp3) is 0.333. The minimum atomic E-state index is -1.53. The summed E-state index contributed by atoms with van der Waals surface area (Å²) in [5, 5.41) is 51.1. The van der Waals surface area contributed by atoms with E-state index in [1.54, 1.807) is 55.5 Å². The third-order valence-corrected chi connectivity index (χ3v) is 9.63. The number of ketones is 4. The zero-order valence-electron chi connectivity index (χ0n) is 34.3. The number of aliphatic hydroxyl groups is 3. The summed E-state index contributed by atoms with van der Waals surface area (Å²) in [5.41, 5.74) is 2.76. The molecule has 14 heteroatoms. The van der Waals surface area contributed by atoms with Gasteiger partial charge >= 0.3 is 0 Å². The van der Waals surface area contributed by atoms with Crippen LogP contribution in [0.5, 0.6) is 11.5 Å². The molecule has 0 spiro atoms. The predicted molar refractivity (Wildman–Crippen MR) is 219 cm³/mol. The van der Waals surface area contributed by atoms with Crippen LogP contribution in [0.2, 0.25) is 0 Å². The Labute approximate surface area is 358 Å². The molecular formula is C45H51AgNO12. The van der Waals surface area contributed by atoms with E-state index in [0.29, 0.717) is 40.0 Å². The summed E-state index contributed by atoms with van der Waals surface area (Å²) in [4.78, 5) is 61.0. The molecular weight excluding hydrogens is 854 g/mol. The first kappa shape index (κ1) is 49.9. The van der Waals surface area contributed by atoms with Crippen molar-refractivity contribution in [2.24, 2.45) is 0 Å². The van der Waals surface area contributed by atoms with Crippen LogP contribution in [0.1, 0.15) is 113 Å². The zero-order chi connectivity index (χ0) is 43.7. The van der Waals surface area contributed by atoms with Gasteiger partial charge in [0.1, 0.15) is 17.1 Å². The van der Waals surface area contributed by atoms with Gasteiger partial charge in [-0.2, -0.15) is 0 Å². The molecule has 1 aliphatic heterocycles. The van der Waals surface area contributed by atoms with Gasteiger partial charge in [-0.1, -0.05) is 79.7 Å². The predicted octanol–water partition coefficient (Wildman–Crippen LogP) is 7.52. The van der Waals surface area contributed by atoms with Gasteiger partial charge < -0.3 is 30.4 Å². The third-order valence-electron chi connectivity index (χ3n) is 9.63. The van der Waals surface area contributed by atoms with Gasteiger partial charge in [-0.25, -0.2) is 0 Å². The van der Waals surface area contributed by atoms with Crippen molar-refractivity contribution in [1.82, 2.24) is 0 Å². The van der Waals surface area contributed by atoms with Crippen molar-refractivity contribution < 1.29 is 77.0 Å². The number of fused-ring (bicyclic) bond motifs is 5. The topological polar surface area (TPSA) is 222 Å². The van der Waals surface area contributed by atoms with Crippen LogP contribution in [0.25, 0.3) is 10.8 Å². The molecule has 59 heavy (non-hydrogen) atoms. The molecule has 4 aromatic rings. The van der Waals surface area contributed by atoms with Crippen molar-refractivity contribution in [2.45, 2.75) is 85.4 Å². The first-order chi connectivity index (χ1) is 27.3. The number of benzene rings is 4. The second-order valence-corrected chi connectivity index (χ2v) is 14.6. The van der Waals surface area contributed by atoms with Crippen molar-refractivity contribution in [3.8, 4) is 11.5 Å². The number of phenolic OH excluding ortho intramolecular Hbond substituents is 1. The van der Waals surface area contributed by atoms with Gasteiger partial charge in [-0.15, -0.1) is 10.1 Å². The Balaban J connectivity index is 0.000000371. The van der Waals surface area contributed by atoms with Crippen molar-refractivity contribution in [2.75, 3.05) is 13.7 Å². The molecule has 3 aliphatic rings. The average Bonchev–Trinajstić information content (AvgIpc) is 3.52. The fourth-order valence-electron chi connectivity index (χ4n) is 7.31. The number of allylic oxidation sites excluding steroid dienone is 3. The van der Waals surface area contributed by atoms with E-state index in [2.05, 4.69) is 13.8 Å². The van der Waals surface area contributed by atoms with E-state index in [-0.39, 0.29) is 87.3 Å². The van der Waals surface area contributed by atoms with E-state index in [4.69, 9.17) is 30.3 Å². The second-order valence-electron chi connectivity index (χ2n) is 14.6. The molecule has 0 saturated carbocycles. The number of aromatic hydroxyl groups is 1. The first-order valence-corrected chi connectivity index (χ1v) is 18.7. The Kier molecular flexibility index (Phi) is 17.8. The molecule has 0 amide bonds. The van der Waals surface area contributed by atoms with Gasteiger partial charge in [0.2, 0.25) is 0 Å². The van der Waals surface area contributed by atoms with Gasteiger partial charge in [-0.05, 0) is 66.4 Å². The molecule has 7 rings (SSSR count). The van der Waals surface area contributed by atoms with E-state index in [0.717, 1.165) is 41.2 Å². The monoisotopic (exact) mass is 904 g/mol. The molecule has 319 valence electrons. The number of nitrogens with zero attached hydrogens (tertiary/aromatic N) is 1. The Hall–Kier alpha value is -5.28. The summed E-state index contributed by atoms with van der Waals surface area (Å²) in [6.45, 7) is 12.8. The van der Waals surface area contributed by atoms with Gasteiger partial charge in [0.15, 0.2) is 23.1 Å². The average molecular weight is 906 g/mol. The van der Waals surface area contributed by atoms with Crippen LogP contribution in [0.4, 0.5) is 0 Å². The smallest absolute Gasteiger partial charge is 0.291 e. The Morgan fingerprint density at radius 1 is 0.746 bits per heavy atom. The zero-order valence-corrected chi connectivity index (χ0v) is 35.8. The number of rotatable bonds is 5. The molecule has 1 heterocycles. The summed E-state index contributed by atoms with van der Waals surface area (Å²) >= 11 is 0. The molecule has 0 saturated heterocycles. The van der Waals surface area contributed by atoms with E-state index in [1.807, 2.05) is 38.1 Å². The molecule has 1 radical (unpaired) electrons. The van der Waals surface area contributed by atoms with E-state index in [1.165, 1.54) is 13.8 Å². The van der Waals surface area contributed by atoms with Crippen LogP contribution in [0, 0.1) is 17.0 Å². The summed E-state index contributed by atoms with van der Waals surface area (Å²) in [6, 6.07) is 21.1.